The van der Waals surface area contributed by atoms with Crippen LogP contribution < -0.4 is 5.32 Å². The zero-order valence-corrected chi connectivity index (χ0v) is 15.2. The molecule has 1 N–H and O–H groups in total. The number of hydrogen-bond donors (Lipinski definition) is 1. The third kappa shape index (κ3) is 6.38. The van der Waals surface area contributed by atoms with Gasteiger partial charge in [0.15, 0.2) is 0 Å². The van der Waals surface area contributed by atoms with Crippen LogP contribution in [0.15, 0.2) is 30.3 Å². The van der Waals surface area contributed by atoms with Gasteiger partial charge in [0.05, 0.1) is 12.6 Å². The molecule has 1 aliphatic heterocycles. The first kappa shape index (κ1) is 19.2. The standard InChI is InChI=1S/C19H29N3O3/c1-16(15-25-2)20-19(24)22-13-11-21(12-14-22)18(23)10-6-9-17-7-4-3-5-8-17/h3-5,7-8,16H,6,9-15H2,1-2H3,(H,20,24)/t16-/m1/s1. The van der Waals surface area contributed by atoms with E-state index in [0.717, 1.165) is 12.8 Å². The maximum absolute atomic E-state index is 12.3. The second-order valence-corrected chi connectivity index (χ2v) is 6.51. The van der Waals surface area contributed by atoms with Gasteiger partial charge in [0.1, 0.15) is 0 Å². The monoisotopic (exact) mass is 347 g/mol. The Balaban J connectivity index is 1.66. The largest absolute Gasteiger partial charge is 0.383 e. The summed E-state index contributed by atoms with van der Waals surface area (Å²) in [4.78, 5) is 28.1. The van der Waals surface area contributed by atoms with Crippen LogP contribution in [0.2, 0.25) is 0 Å². The summed E-state index contributed by atoms with van der Waals surface area (Å²) in [5, 5.41) is 2.91. The van der Waals surface area contributed by atoms with Gasteiger partial charge in [0, 0.05) is 39.7 Å². The maximum atomic E-state index is 12.3. The summed E-state index contributed by atoms with van der Waals surface area (Å²) in [6, 6.07) is 10.1. The molecule has 1 atom stereocenters. The smallest absolute Gasteiger partial charge is 0.317 e. The van der Waals surface area contributed by atoms with Crippen molar-refractivity contribution in [1.82, 2.24) is 15.1 Å². The molecule has 2 rings (SSSR count). The highest BCUT2D eigenvalue weighted by molar-refractivity contribution is 5.77. The van der Waals surface area contributed by atoms with Crippen LogP contribution >= 0.6 is 0 Å². The molecule has 1 aromatic rings. The zero-order chi connectivity index (χ0) is 18.1. The summed E-state index contributed by atoms with van der Waals surface area (Å²) in [7, 11) is 1.62. The van der Waals surface area contributed by atoms with Crippen LogP contribution in [0.5, 0.6) is 0 Å². The minimum atomic E-state index is -0.0827. The number of nitrogens with zero attached hydrogens (tertiary/aromatic N) is 2. The van der Waals surface area contributed by atoms with Gasteiger partial charge in [-0.3, -0.25) is 4.79 Å². The van der Waals surface area contributed by atoms with E-state index in [1.165, 1.54) is 5.56 Å². The highest BCUT2D eigenvalue weighted by Crippen LogP contribution is 2.09. The number of ether oxygens (including phenoxy) is 1. The normalized spacial score (nSPS) is 15.8. The second-order valence-electron chi connectivity index (χ2n) is 6.51. The molecular weight excluding hydrogens is 318 g/mol. The zero-order valence-electron chi connectivity index (χ0n) is 15.2. The number of benzene rings is 1. The molecule has 0 saturated carbocycles. The average Bonchev–Trinajstić information content (AvgIpc) is 2.63. The van der Waals surface area contributed by atoms with Gasteiger partial charge in [0.2, 0.25) is 5.91 Å². The number of rotatable bonds is 7. The molecule has 1 fully saturated rings. The molecule has 1 saturated heterocycles. The highest BCUT2D eigenvalue weighted by atomic mass is 16.5. The Morgan fingerprint density at radius 3 is 2.40 bits per heavy atom. The predicted octanol–water partition coefficient (Wildman–Crippen LogP) is 1.90. The molecule has 138 valence electrons. The number of amides is 3. The lowest BCUT2D eigenvalue weighted by Crippen LogP contribution is -2.54. The van der Waals surface area contributed by atoms with Crippen LogP contribution in [0.1, 0.15) is 25.3 Å². The number of methoxy groups -OCH3 is 1. The fourth-order valence-electron chi connectivity index (χ4n) is 3.00. The third-order valence-electron chi connectivity index (χ3n) is 4.41. The molecule has 25 heavy (non-hydrogen) atoms. The van der Waals surface area contributed by atoms with Crippen molar-refractivity contribution < 1.29 is 14.3 Å². The van der Waals surface area contributed by atoms with Crippen molar-refractivity contribution in [3.63, 3.8) is 0 Å². The van der Waals surface area contributed by atoms with Gasteiger partial charge in [-0.15, -0.1) is 0 Å². The van der Waals surface area contributed by atoms with Crippen molar-refractivity contribution in [2.75, 3.05) is 39.9 Å². The highest BCUT2D eigenvalue weighted by Gasteiger charge is 2.24. The lowest BCUT2D eigenvalue weighted by molar-refractivity contribution is -0.132. The molecule has 0 aliphatic carbocycles. The second kappa shape index (κ2) is 10.0. The Bertz CT molecular complexity index is 542. The first-order valence-electron chi connectivity index (χ1n) is 8.96. The molecule has 0 radical (unpaired) electrons. The van der Waals surface area contributed by atoms with E-state index < -0.39 is 0 Å². The number of piperazine rings is 1. The first-order chi connectivity index (χ1) is 12.1. The topological polar surface area (TPSA) is 61.9 Å². The van der Waals surface area contributed by atoms with E-state index in [2.05, 4.69) is 17.4 Å². The molecule has 1 aromatic carbocycles. The van der Waals surface area contributed by atoms with E-state index in [4.69, 9.17) is 4.74 Å². The van der Waals surface area contributed by atoms with Crippen LogP contribution in [-0.4, -0.2) is 67.7 Å². The van der Waals surface area contributed by atoms with Gasteiger partial charge in [0.25, 0.3) is 0 Å². The Morgan fingerprint density at radius 1 is 1.12 bits per heavy atom. The first-order valence-corrected chi connectivity index (χ1v) is 8.96. The number of urea groups is 1. The number of carbonyl (C=O) groups is 2. The lowest BCUT2D eigenvalue weighted by atomic mass is 10.1. The number of aryl methyl sites for hydroxylation is 1. The van der Waals surface area contributed by atoms with Gasteiger partial charge in [-0.1, -0.05) is 30.3 Å². The molecule has 0 bridgehead atoms. The minimum absolute atomic E-state index is 0.0184. The van der Waals surface area contributed by atoms with Gasteiger partial charge >= 0.3 is 6.03 Å². The van der Waals surface area contributed by atoms with Gasteiger partial charge in [-0.2, -0.15) is 0 Å². The van der Waals surface area contributed by atoms with E-state index in [0.29, 0.717) is 39.2 Å². The van der Waals surface area contributed by atoms with Crippen molar-refractivity contribution in [3.8, 4) is 0 Å². The van der Waals surface area contributed by atoms with Crippen LogP contribution in [0, 0.1) is 0 Å². The van der Waals surface area contributed by atoms with Crippen molar-refractivity contribution in [2.24, 2.45) is 0 Å². The van der Waals surface area contributed by atoms with E-state index >= 15 is 0 Å². The Morgan fingerprint density at radius 2 is 1.76 bits per heavy atom. The van der Waals surface area contributed by atoms with Crippen molar-refractivity contribution in [2.45, 2.75) is 32.2 Å². The summed E-state index contributed by atoms with van der Waals surface area (Å²) in [6.45, 7) is 4.78. The molecule has 1 heterocycles. The summed E-state index contributed by atoms with van der Waals surface area (Å²) in [6.07, 6.45) is 2.34. The van der Waals surface area contributed by atoms with Gasteiger partial charge < -0.3 is 19.9 Å². The van der Waals surface area contributed by atoms with Crippen molar-refractivity contribution >= 4 is 11.9 Å². The molecule has 0 spiro atoms. The van der Waals surface area contributed by atoms with Crippen LogP contribution in [0.25, 0.3) is 0 Å². The minimum Gasteiger partial charge on any atom is -0.383 e. The van der Waals surface area contributed by atoms with Crippen molar-refractivity contribution in [1.29, 1.82) is 0 Å². The SMILES string of the molecule is COC[C@@H](C)NC(=O)N1CCN(C(=O)CCCc2ccccc2)CC1. The Hall–Kier alpha value is -2.08. The van der Waals surface area contributed by atoms with Crippen LogP contribution in [-0.2, 0) is 16.0 Å². The Kier molecular flexibility index (Phi) is 7.73. The Labute approximate surface area is 150 Å². The number of carbonyl (C=O) groups excluding carboxylic acids is 2. The summed E-state index contributed by atoms with van der Waals surface area (Å²) in [5.41, 5.74) is 1.27. The lowest BCUT2D eigenvalue weighted by Gasteiger charge is -2.35. The van der Waals surface area contributed by atoms with Gasteiger partial charge in [-0.05, 0) is 25.3 Å². The molecule has 6 nitrogen and oxygen atoms in total. The van der Waals surface area contributed by atoms with Crippen LogP contribution in [0.3, 0.4) is 0 Å². The summed E-state index contributed by atoms with van der Waals surface area (Å²) < 4.78 is 5.02. The van der Waals surface area contributed by atoms with E-state index in [-0.39, 0.29) is 18.0 Å². The fourth-order valence-corrected chi connectivity index (χ4v) is 3.00. The summed E-state index contributed by atoms with van der Waals surface area (Å²) >= 11 is 0. The predicted molar refractivity (Wildman–Crippen MR) is 97.4 cm³/mol. The van der Waals surface area contributed by atoms with E-state index in [9.17, 15) is 9.59 Å². The number of nitrogens with one attached hydrogen (secondary N) is 1. The van der Waals surface area contributed by atoms with E-state index in [1.807, 2.05) is 30.0 Å². The molecule has 0 unspecified atom stereocenters. The molecule has 3 amide bonds. The molecule has 0 aromatic heterocycles. The van der Waals surface area contributed by atoms with Gasteiger partial charge in [-0.25, -0.2) is 4.79 Å². The van der Waals surface area contributed by atoms with Crippen LogP contribution in [0.4, 0.5) is 4.79 Å². The summed E-state index contributed by atoms with van der Waals surface area (Å²) in [5.74, 6) is 0.184. The average molecular weight is 347 g/mol. The quantitative estimate of drug-likeness (QED) is 0.819. The molecule has 1 aliphatic rings. The third-order valence-corrected chi connectivity index (χ3v) is 4.41. The number of hydrogen-bond acceptors (Lipinski definition) is 3. The maximum Gasteiger partial charge on any atom is 0.317 e. The molecule has 6 heteroatoms. The molecular formula is C19H29N3O3. The fraction of sp³-hybridized carbons (Fsp3) is 0.579. The van der Waals surface area contributed by atoms with E-state index in [1.54, 1.807) is 12.0 Å². The van der Waals surface area contributed by atoms with Crippen molar-refractivity contribution in [3.05, 3.63) is 35.9 Å².